The normalized spacial score (nSPS) is 13.4. The highest BCUT2D eigenvalue weighted by Crippen LogP contribution is 2.35. The Labute approximate surface area is 127 Å². The van der Waals surface area contributed by atoms with Gasteiger partial charge in [-0.05, 0) is 34.1 Å². The lowest BCUT2D eigenvalue weighted by molar-refractivity contribution is -0.137. The number of rotatable bonds is 5. The standard InChI is InChI=1S/C12H14Br2F3NO/c1-18(6-9(13)7-19-2)11-4-3-8(5-10(11)14)12(15,16)17/h3-5,9H,6-7H2,1-2H3. The molecule has 0 aliphatic rings. The Hall–Kier alpha value is -0.270. The van der Waals surface area contributed by atoms with E-state index in [4.69, 9.17) is 4.74 Å². The molecule has 108 valence electrons. The first-order chi connectivity index (χ1) is 8.75. The third-order valence-electron chi connectivity index (χ3n) is 2.51. The molecule has 7 heteroatoms. The number of nitrogens with zero attached hydrogens (tertiary/aromatic N) is 1. The summed E-state index contributed by atoms with van der Waals surface area (Å²) in [6, 6.07) is 3.63. The van der Waals surface area contributed by atoms with Gasteiger partial charge >= 0.3 is 6.18 Å². The van der Waals surface area contributed by atoms with Crippen LogP contribution in [0, 0.1) is 0 Å². The van der Waals surface area contributed by atoms with Crippen molar-refractivity contribution in [3.63, 3.8) is 0 Å². The molecule has 0 saturated heterocycles. The molecule has 0 fully saturated rings. The third kappa shape index (κ3) is 4.96. The topological polar surface area (TPSA) is 12.5 Å². The van der Waals surface area contributed by atoms with Crippen molar-refractivity contribution in [3.05, 3.63) is 28.2 Å². The van der Waals surface area contributed by atoms with Gasteiger partial charge in [-0.15, -0.1) is 0 Å². The Kier molecular flexibility index (Phi) is 6.14. The first-order valence-electron chi connectivity index (χ1n) is 5.46. The second kappa shape index (κ2) is 6.95. The molecule has 1 rings (SSSR count). The molecule has 0 N–H and O–H groups in total. The third-order valence-corrected chi connectivity index (χ3v) is 3.69. The number of ether oxygens (including phenoxy) is 1. The molecule has 0 radical (unpaired) electrons. The van der Waals surface area contributed by atoms with Crippen molar-refractivity contribution in [2.45, 2.75) is 11.0 Å². The van der Waals surface area contributed by atoms with Crippen molar-refractivity contribution < 1.29 is 17.9 Å². The van der Waals surface area contributed by atoms with Crippen LogP contribution in [0.1, 0.15) is 5.56 Å². The summed E-state index contributed by atoms with van der Waals surface area (Å²) in [4.78, 5) is 1.97. The number of halogens is 5. The molecule has 1 unspecified atom stereocenters. The summed E-state index contributed by atoms with van der Waals surface area (Å²) in [7, 11) is 3.42. The molecule has 0 saturated carbocycles. The molecule has 19 heavy (non-hydrogen) atoms. The highest BCUT2D eigenvalue weighted by molar-refractivity contribution is 9.10. The molecular formula is C12H14Br2F3NO. The summed E-state index contributed by atoms with van der Waals surface area (Å²) < 4.78 is 43.1. The summed E-state index contributed by atoms with van der Waals surface area (Å²) in [5, 5.41) is 0. The summed E-state index contributed by atoms with van der Waals surface area (Å²) in [5.41, 5.74) is 0.0392. The first-order valence-corrected chi connectivity index (χ1v) is 7.17. The highest BCUT2D eigenvalue weighted by Gasteiger charge is 2.31. The van der Waals surface area contributed by atoms with Gasteiger partial charge in [0.25, 0.3) is 0 Å². The SMILES string of the molecule is COCC(Br)CN(C)c1ccc(C(F)(F)F)cc1Br. The molecule has 0 spiro atoms. The average Bonchev–Trinajstić information content (AvgIpc) is 2.27. The Morgan fingerprint density at radius 1 is 1.37 bits per heavy atom. The summed E-state index contributed by atoms with van der Waals surface area (Å²) in [6.45, 7) is 1.15. The van der Waals surface area contributed by atoms with E-state index < -0.39 is 11.7 Å². The predicted octanol–water partition coefficient (Wildman–Crippen LogP) is 4.31. The number of anilines is 1. The van der Waals surface area contributed by atoms with Gasteiger partial charge in [0.2, 0.25) is 0 Å². The Morgan fingerprint density at radius 3 is 2.47 bits per heavy atom. The summed E-state index contributed by atoms with van der Waals surface area (Å²) >= 11 is 6.63. The van der Waals surface area contributed by atoms with Gasteiger partial charge in [0.05, 0.1) is 22.7 Å². The number of methoxy groups -OCH3 is 1. The summed E-state index contributed by atoms with van der Waals surface area (Å²) in [6.07, 6.45) is -4.33. The Balaban J connectivity index is 2.84. The van der Waals surface area contributed by atoms with Crippen molar-refractivity contribution in [2.24, 2.45) is 0 Å². The van der Waals surface area contributed by atoms with Crippen LogP contribution in [0.4, 0.5) is 18.9 Å². The lowest BCUT2D eigenvalue weighted by Crippen LogP contribution is -2.28. The van der Waals surface area contributed by atoms with Crippen LogP contribution in [-0.2, 0) is 10.9 Å². The zero-order valence-electron chi connectivity index (χ0n) is 10.5. The lowest BCUT2D eigenvalue weighted by atomic mass is 10.2. The van der Waals surface area contributed by atoms with E-state index in [1.807, 2.05) is 11.9 Å². The molecule has 1 atom stereocenters. The molecule has 1 aromatic carbocycles. The largest absolute Gasteiger partial charge is 0.416 e. The van der Waals surface area contributed by atoms with Crippen molar-refractivity contribution >= 4 is 37.5 Å². The fourth-order valence-corrected chi connectivity index (χ4v) is 3.00. The van der Waals surface area contributed by atoms with E-state index in [1.54, 1.807) is 7.11 Å². The van der Waals surface area contributed by atoms with Gasteiger partial charge in [-0.2, -0.15) is 13.2 Å². The van der Waals surface area contributed by atoms with Crippen LogP contribution in [0.5, 0.6) is 0 Å². The van der Waals surface area contributed by atoms with Crippen LogP contribution in [0.3, 0.4) is 0 Å². The van der Waals surface area contributed by atoms with Crippen molar-refractivity contribution in [3.8, 4) is 0 Å². The van der Waals surface area contributed by atoms with Gasteiger partial charge in [0.1, 0.15) is 0 Å². The van der Waals surface area contributed by atoms with E-state index in [0.29, 0.717) is 23.3 Å². The Morgan fingerprint density at radius 2 is 2.00 bits per heavy atom. The monoisotopic (exact) mass is 403 g/mol. The van der Waals surface area contributed by atoms with Gasteiger partial charge in [-0.1, -0.05) is 15.9 Å². The minimum atomic E-state index is -4.33. The maximum absolute atomic E-state index is 12.6. The molecule has 2 nitrogen and oxygen atoms in total. The van der Waals surface area contributed by atoms with Crippen molar-refractivity contribution in [1.29, 1.82) is 0 Å². The van der Waals surface area contributed by atoms with Gasteiger partial charge in [-0.25, -0.2) is 0 Å². The number of alkyl halides is 4. The summed E-state index contributed by atoms with van der Waals surface area (Å²) in [5.74, 6) is 0. The minimum Gasteiger partial charge on any atom is -0.383 e. The fourth-order valence-electron chi connectivity index (χ4n) is 1.62. The number of hydrogen-bond acceptors (Lipinski definition) is 2. The van der Waals surface area contributed by atoms with Crippen molar-refractivity contribution in [1.82, 2.24) is 0 Å². The van der Waals surface area contributed by atoms with Crippen LogP contribution < -0.4 is 4.90 Å². The number of hydrogen-bond donors (Lipinski definition) is 0. The van der Waals surface area contributed by atoms with E-state index in [1.165, 1.54) is 6.07 Å². The fraction of sp³-hybridized carbons (Fsp3) is 0.500. The molecule has 1 aromatic rings. The molecule has 0 aliphatic heterocycles. The smallest absolute Gasteiger partial charge is 0.383 e. The van der Waals surface area contributed by atoms with Crippen LogP contribution >= 0.6 is 31.9 Å². The van der Waals surface area contributed by atoms with Crippen LogP contribution in [0.25, 0.3) is 0 Å². The Bertz CT molecular complexity index is 426. The van der Waals surface area contributed by atoms with Gasteiger partial charge in [-0.3, -0.25) is 0 Å². The van der Waals surface area contributed by atoms with E-state index in [9.17, 15) is 13.2 Å². The van der Waals surface area contributed by atoms with Crippen LogP contribution in [0.2, 0.25) is 0 Å². The second-order valence-electron chi connectivity index (χ2n) is 4.10. The molecular weight excluding hydrogens is 391 g/mol. The average molecular weight is 405 g/mol. The predicted molar refractivity (Wildman–Crippen MR) is 77.0 cm³/mol. The van der Waals surface area contributed by atoms with E-state index in [-0.39, 0.29) is 4.83 Å². The quantitative estimate of drug-likeness (QED) is 0.678. The van der Waals surface area contributed by atoms with Gasteiger partial charge < -0.3 is 9.64 Å². The van der Waals surface area contributed by atoms with E-state index in [2.05, 4.69) is 31.9 Å². The lowest BCUT2D eigenvalue weighted by Gasteiger charge is -2.24. The van der Waals surface area contributed by atoms with Crippen LogP contribution in [0.15, 0.2) is 22.7 Å². The van der Waals surface area contributed by atoms with E-state index >= 15 is 0 Å². The van der Waals surface area contributed by atoms with Gasteiger partial charge in [0.15, 0.2) is 0 Å². The zero-order chi connectivity index (χ0) is 14.6. The highest BCUT2D eigenvalue weighted by atomic mass is 79.9. The first kappa shape index (κ1) is 16.8. The van der Waals surface area contributed by atoms with Crippen LogP contribution in [-0.4, -0.2) is 32.1 Å². The maximum atomic E-state index is 12.6. The molecule has 0 amide bonds. The van der Waals surface area contributed by atoms with Gasteiger partial charge in [0, 0.05) is 25.2 Å². The zero-order valence-corrected chi connectivity index (χ0v) is 13.6. The minimum absolute atomic E-state index is 0.108. The van der Waals surface area contributed by atoms with Crippen molar-refractivity contribution in [2.75, 3.05) is 32.2 Å². The molecule has 0 bridgehead atoms. The second-order valence-corrected chi connectivity index (χ2v) is 6.25. The molecule has 0 heterocycles. The molecule has 0 aliphatic carbocycles. The number of benzene rings is 1. The van der Waals surface area contributed by atoms with E-state index in [0.717, 1.165) is 12.1 Å². The molecule has 0 aromatic heterocycles. The maximum Gasteiger partial charge on any atom is 0.416 e.